The summed E-state index contributed by atoms with van der Waals surface area (Å²) in [6.45, 7) is 1.39. The summed E-state index contributed by atoms with van der Waals surface area (Å²) in [4.78, 5) is 13.0. The minimum Gasteiger partial charge on any atom is -0.478 e. The Hall–Kier alpha value is -1.79. The molecule has 0 bridgehead atoms. The van der Waals surface area contributed by atoms with E-state index in [1.165, 1.54) is 6.07 Å². The lowest BCUT2D eigenvalue weighted by Gasteiger charge is -2.36. The number of nitrogen functional groups attached to an aromatic ring is 1. The Morgan fingerprint density at radius 3 is 2.70 bits per heavy atom. The van der Waals surface area contributed by atoms with Gasteiger partial charge in [-0.1, -0.05) is 0 Å². The second-order valence-corrected chi connectivity index (χ2v) is 5.27. The van der Waals surface area contributed by atoms with Crippen LogP contribution in [0.5, 0.6) is 0 Å². The topological polar surface area (TPSA) is 96.0 Å². The highest BCUT2D eigenvalue weighted by Crippen LogP contribution is 2.27. The molecule has 0 spiro atoms. The molecular formula is C14H20N2O4. The van der Waals surface area contributed by atoms with Gasteiger partial charge in [0, 0.05) is 45.3 Å². The summed E-state index contributed by atoms with van der Waals surface area (Å²) < 4.78 is 5.24. The monoisotopic (exact) mass is 280 g/mol. The Kier molecular flexibility index (Phi) is 4.15. The van der Waals surface area contributed by atoms with Gasteiger partial charge in [-0.25, -0.2) is 4.79 Å². The average Bonchev–Trinajstić information content (AvgIpc) is 2.38. The van der Waals surface area contributed by atoms with Crippen molar-refractivity contribution in [3.05, 3.63) is 23.8 Å². The van der Waals surface area contributed by atoms with Gasteiger partial charge in [0.05, 0.1) is 16.9 Å². The van der Waals surface area contributed by atoms with E-state index in [9.17, 15) is 15.0 Å². The maximum Gasteiger partial charge on any atom is 0.337 e. The zero-order chi connectivity index (χ0) is 14.8. The van der Waals surface area contributed by atoms with Crippen molar-refractivity contribution in [3.63, 3.8) is 0 Å². The number of rotatable bonds is 4. The molecule has 6 heteroatoms. The van der Waals surface area contributed by atoms with Crippen LogP contribution in [-0.2, 0) is 4.74 Å². The third-order valence-electron chi connectivity index (χ3n) is 3.62. The van der Waals surface area contributed by atoms with Gasteiger partial charge in [-0.05, 0) is 18.2 Å². The van der Waals surface area contributed by atoms with Crippen LogP contribution in [0.3, 0.4) is 0 Å². The minimum absolute atomic E-state index is 0.178. The number of carboxylic acid groups (broad SMARTS) is 1. The third-order valence-corrected chi connectivity index (χ3v) is 3.62. The number of hydrogen-bond acceptors (Lipinski definition) is 5. The molecule has 20 heavy (non-hydrogen) atoms. The summed E-state index contributed by atoms with van der Waals surface area (Å²) in [6.07, 6.45) is 1.09. The molecule has 0 aliphatic carbocycles. The standard InChI is InChI=1S/C14H20N2O4/c1-16(9-14(19)4-6-20-7-5-14)12-8-10(15)2-3-11(12)13(17)18/h2-3,8,19H,4-7,9,15H2,1H3,(H,17,18). The van der Waals surface area contributed by atoms with E-state index in [-0.39, 0.29) is 5.56 Å². The molecule has 0 aromatic heterocycles. The van der Waals surface area contributed by atoms with Gasteiger partial charge >= 0.3 is 5.97 Å². The molecule has 110 valence electrons. The first-order valence-corrected chi connectivity index (χ1v) is 6.55. The largest absolute Gasteiger partial charge is 0.478 e. The van der Waals surface area contributed by atoms with Crippen molar-refractivity contribution in [1.82, 2.24) is 0 Å². The highest BCUT2D eigenvalue weighted by molar-refractivity contribution is 5.95. The van der Waals surface area contributed by atoms with Crippen LogP contribution in [0.25, 0.3) is 0 Å². The van der Waals surface area contributed by atoms with Gasteiger partial charge in [0.1, 0.15) is 0 Å². The molecule has 1 saturated heterocycles. The van der Waals surface area contributed by atoms with Crippen LogP contribution in [-0.4, -0.2) is 48.6 Å². The highest BCUT2D eigenvalue weighted by Gasteiger charge is 2.32. The van der Waals surface area contributed by atoms with Crippen molar-refractivity contribution in [2.24, 2.45) is 0 Å². The zero-order valence-electron chi connectivity index (χ0n) is 11.5. The average molecular weight is 280 g/mol. The summed E-state index contributed by atoms with van der Waals surface area (Å²) in [5.41, 5.74) is 6.06. The molecule has 6 nitrogen and oxygen atoms in total. The van der Waals surface area contributed by atoms with Crippen LogP contribution < -0.4 is 10.6 Å². The lowest BCUT2D eigenvalue weighted by Crippen LogP contribution is -2.46. The quantitative estimate of drug-likeness (QED) is 0.710. The van der Waals surface area contributed by atoms with Gasteiger partial charge in [-0.15, -0.1) is 0 Å². The molecular weight excluding hydrogens is 260 g/mol. The molecule has 1 heterocycles. The molecule has 0 saturated carbocycles. The van der Waals surface area contributed by atoms with Gasteiger partial charge < -0.3 is 25.6 Å². The first-order chi connectivity index (χ1) is 9.41. The third kappa shape index (κ3) is 3.20. The maximum absolute atomic E-state index is 11.3. The fraction of sp³-hybridized carbons (Fsp3) is 0.500. The molecule has 1 aromatic rings. The summed E-state index contributed by atoms with van der Waals surface area (Å²) >= 11 is 0. The van der Waals surface area contributed by atoms with Crippen molar-refractivity contribution >= 4 is 17.3 Å². The first kappa shape index (κ1) is 14.6. The van der Waals surface area contributed by atoms with Gasteiger partial charge in [0.2, 0.25) is 0 Å². The fourth-order valence-electron chi connectivity index (χ4n) is 2.48. The van der Waals surface area contributed by atoms with Gasteiger partial charge in [-0.3, -0.25) is 0 Å². The second kappa shape index (κ2) is 5.68. The number of aliphatic hydroxyl groups is 1. The Morgan fingerprint density at radius 1 is 1.45 bits per heavy atom. The van der Waals surface area contributed by atoms with E-state index >= 15 is 0 Å². The Morgan fingerprint density at radius 2 is 2.10 bits per heavy atom. The molecule has 0 atom stereocenters. The number of hydrogen-bond donors (Lipinski definition) is 3. The van der Waals surface area contributed by atoms with Gasteiger partial charge in [0.15, 0.2) is 0 Å². The molecule has 1 aliphatic heterocycles. The van der Waals surface area contributed by atoms with Crippen molar-refractivity contribution in [3.8, 4) is 0 Å². The predicted molar refractivity (Wildman–Crippen MR) is 76.1 cm³/mol. The van der Waals surface area contributed by atoms with Crippen LogP contribution in [0.4, 0.5) is 11.4 Å². The number of nitrogens with zero attached hydrogens (tertiary/aromatic N) is 1. The van der Waals surface area contributed by atoms with E-state index in [1.807, 2.05) is 0 Å². The summed E-state index contributed by atoms with van der Waals surface area (Å²) in [5.74, 6) is -1.01. The van der Waals surface area contributed by atoms with Crippen molar-refractivity contribution in [2.45, 2.75) is 18.4 Å². The number of anilines is 2. The van der Waals surface area contributed by atoms with E-state index in [1.54, 1.807) is 24.1 Å². The fourth-order valence-corrected chi connectivity index (χ4v) is 2.48. The number of likely N-dealkylation sites (N-methyl/N-ethyl adjacent to an activating group) is 1. The number of nitrogens with two attached hydrogens (primary N) is 1. The molecule has 1 aromatic carbocycles. The van der Waals surface area contributed by atoms with Crippen LogP contribution in [0.15, 0.2) is 18.2 Å². The van der Waals surface area contributed by atoms with Crippen LogP contribution >= 0.6 is 0 Å². The van der Waals surface area contributed by atoms with Gasteiger partial charge in [-0.2, -0.15) is 0 Å². The SMILES string of the molecule is CN(CC1(O)CCOCC1)c1cc(N)ccc1C(=O)O. The predicted octanol–water partition coefficient (Wildman–Crippen LogP) is 0.945. The maximum atomic E-state index is 11.3. The molecule has 0 radical (unpaired) electrons. The van der Waals surface area contributed by atoms with Crippen molar-refractivity contribution < 1.29 is 19.7 Å². The number of carbonyl (C=O) groups is 1. The van der Waals surface area contributed by atoms with E-state index in [2.05, 4.69) is 0 Å². The zero-order valence-corrected chi connectivity index (χ0v) is 11.5. The van der Waals surface area contributed by atoms with Crippen LogP contribution in [0.1, 0.15) is 23.2 Å². The number of carboxylic acids is 1. The van der Waals surface area contributed by atoms with E-state index in [0.717, 1.165) is 0 Å². The van der Waals surface area contributed by atoms with E-state index in [4.69, 9.17) is 10.5 Å². The van der Waals surface area contributed by atoms with Crippen LogP contribution in [0.2, 0.25) is 0 Å². The summed E-state index contributed by atoms with van der Waals surface area (Å²) in [5, 5.41) is 19.7. The Balaban J connectivity index is 2.21. The number of ether oxygens (including phenoxy) is 1. The Bertz CT molecular complexity index is 498. The van der Waals surface area contributed by atoms with Crippen LogP contribution in [0, 0.1) is 0 Å². The first-order valence-electron chi connectivity index (χ1n) is 6.55. The summed E-state index contributed by atoms with van der Waals surface area (Å²) in [6, 6.07) is 4.66. The number of aromatic carboxylic acids is 1. The van der Waals surface area contributed by atoms with E-state index in [0.29, 0.717) is 44.0 Å². The number of benzene rings is 1. The minimum atomic E-state index is -1.01. The second-order valence-electron chi connectivity index (χ2n) is 5.27. The molecule has 2 rings (SSSR count). The lowest BCUT2D eigenvalue weighted by molar-refractivity contribution is -0.0572. The van der Waals surface area contributed by atoms with Crippen molar-refractivity contribution in [2.75, 3.05) is 37.4 Å². The Labute approximate surface area is 117 Å². The molecule has 1 aliphatic rings. The van der Waals surface area contributed by atoms with Crippen molar-refractivity contribution in [1.29, 1.82) is 0 Å². The molecule has 0 unspecified atom stereocenters. The smallest absolute Gasteiger partial charge is 0.337 e. The molecule has 1 fully saturated rings. The normalized spacial score (nSPS) is 17.7. The van der Waals surface area contributed by atoms with E-state index < -0.39 is 11.6 Å². The summed E-state index contributed by atoms with van der Waals surface area (Å²) in [7, 11) is 1.76. The molecule has 0 amide bonds. The lowest BCUT2D eigenvalue weighted by atomic mass is 9.93. The van der Waals surface area contributed by atoms with Gasteiger partial charge in [0.25, 0.3) is 0 Å². The highest BCUT2D eigenvalue weighted by atomic mass is 16.5. The molecule has 4 N–H and O–H groups in total.